The summed E-state index contributed by atoms with van der Waals surface area (Å²) in [4.78, 5) is 11.1. The molecule has 0 radical (unpaired) electrons. The molecule has 0 saturated carbocycles. The standard InChI is InChI=1S/C19H21N3O2/c1-3-19(24)20-12-6-8-15-10-11-18(23)17(13-15)22-21-16-9-5-4-7-14(16)2/h3-5,7,9-11,13,23H,1,6,8,12H2,2H3,(H,20,24). The van der Waals surface area contributed by atoms with Gasteiger partial charge in [-0.05, 0) is 55.2 Å². The number of carbonyl (C=O) groups is 1. The van der Waals surface area contributed by atoms with Crippen molar-refractivity contribution in [1.29, 1.82) is 0 Å². The van der Waals surface area contributed by atoms with Crippen LogP contribution in [-0.4, -0.2) is 17.6 Å². The summed E-state index contributed by atoms with van der Waals surface area (Å²) >= 11 is 0. The van der Waals surface area contributed by atoms with E-state index in [2.05, 4.69) is 22.1 Å². The van der Waals surface area contributed by atoms with Gasteiger partial charge in [-0.15, -0.1) is 5.11 Å². The second kappa shape index (κ2) is 8.62. The summed E-state index contributed by atoms with van der Waals surface area (Å²) in [5.74, 6) is -0.0792. The number of aromatic hydroxyl groups is 1. The molecule has 0 aliphatic rings. The number of hydrogen-bond donors (Lipinski definition) is 2. The molecule has 5 nitrogen and oxygen atoms in total. The van der Waals surface area contributed by atoms with Crippen LogP contribution in [0.15, 0.2) is 65.3 Å². The predicted octanol–water partition coefficient (Wildman–Crippen LogP) is 4.35. The maximum atomic E-state index is 11.1. The van der Waals surface area contributed by atoms with E-state index in [1.54, 1.807) is 6.07 Å². The molecule has 0 spiro atoms. The molecule has 5 heteroatoms. The van der Waals surface area contributed by atoms with E-state index in [-0.39, 0.29) is 11.7 Å². The van der Waals surface area contributed by atoms with Crippen LogP contribution in [-0.2, 0) is 11.2 Å². The Balaban J connectivity index is 2.02. The third-order valence-electron chi connectivity index (χ3n) is 3.55. The predicted molar refractivity (Wildman–Crippen MR) is 95.0 cm³/mol. The van der Waals surface area contributed by atoms with E-state index in [4.69, 9.17) is 0 Å². The lowest BCUT2D eigenvalue weighted by molar-refractivity contribution is -0.116. The molecule has 24 heavy (non-hydrogen) atoms. The second-order valence-corrected chi connectivity index (χ2v) is 5.41. The molecular weight excluding hydrogens is 302 g/mol. The van der Waals surface area contributed by atoms with Crippen LogP contribution in [0.25, 0.3) is 0 Å². The van der Waals surface area contributed by atoms with E-state index >= 15 is 0 Å². The van der Waals surface area contributed by atoms with E-state index in [0.717, 1.165) is 29.7 Å². The van der Waals surface area contributed by atoms with Gasteiger partial charge in [-0.3, -0.25) is 4.79 Å². The molecule has 2 aromatic rings. The molecule has 0 saturated heterocycles. The zero-order valence-electron chi connectivity index (χ0n) is 13.7. The Bertz CT molecular complexity index is 754. The first kappa shape index (κ1) is 17.4. The van der Waals surface area contributed by atoms with Crippen molar-refractivity contribution >= 4 is 17.3 Å². The van der Waals surface area contributed by atoms with Crippen LogP contribution >= 0.6 is 0 Å². The quantitative estimate of drug-likeness (QED) is 0.451. The van der Waals surface area contributed by atoms with Gasteiger partial charge < -0.3 is 10.4 Å². The number of phenols is 1. The molecule has 0 aliphatic heterocycles. The first-order valence-electron chi connectivity index (χ1n) is 7.79. The molecule has 0 fully saturated rings. The molecule has 124 valence electrons. The van der Waals surface area contributed by atoms with E-state index in [1.807, 2.05) is 43.3 Å². The normalized spacial score (nSPS) is 10.7. The number of benzene rings is 2. The van der Waals surface area contributed by atoms with Gasteiger partial charge in [0.15, 0.2) is 0 Å². The molecule has 2 rings (SSSR count). The topological polar surface area (TPSA) is 74.0 Å². The van der Waals surface area contributed by atoms with E-state index < -0.39 is 0 Å². The highest BCUT2D eigenvalue weighted by atomic mass is 16.3. The zero-order valence-corrected chi connectivity index (χ0v) is 13.7. The molecule has 0 heterocycles. The SMILES string of the molecule is C=CC(=O)NCCCc1ccc(O)c(N=Nc2ccccc2C)c1. The number of aryl methyl sites for hydroxylation is 2. The third kappa shape index (κ3) is 5.05. The fraction of sp³-hybridized carbons (Fsp3) is 0.211. The number of rotatable bonds is 7. The van der Waals surface area contributed by atoms with Gasteiger partial charge >= 0.3 is 0 Å². The summed E-state index contributed by atoms with van der Waals surface area (Å²) in [7, 11) is 0. The van der Waals surface area contributed by atoms with Gasteiger partial charge in [-0.1, -0.05) is 30.8 Å². The summed E-state index contributed by atoms with van der Waals surface area (Å²) in [6, 6.07) is 12.9. The largest absolute Gasteiger partial charge is 0.506 e. The number of amides is 1. The van der Waals surface area contributed by atoms with Crippen molar-refractivity contribution in [3.05, 3.63) is 66.2 Å². The summed E-state index contributed by atoms with van der Waals surface area (Å²) in [6.45, 7) is 5.94. The minimum Gasteiger partial charge on any atom is -0.506 e. The molecule has 0 unspecified atom stereocenters. The Morgan fingerprint density at radius 1 is 1.21 bits per heavy atom. The second-order valence-electron chi connectivity index (χ2n) is 5.41. The molecule has 0 atom stereocenters. The lowest BCUT2D eigenvalue weighted by atomic mass is 10.1. The average Bonchev–Trinajstić information content (AvgIpc) is 2.59. The highest BCUT2D eigenvalue weighted by Crippen LogP contribution is 2.30. The molecule has 2 N–H and O–H groups in total. The summed E-state index contributed by atoms with van der Waals surface area (Å²) in [5.41, 5.74) is 3.26. The van der Waals surface area contributed by atoms with Crippen LogP contribution < -0.4 is 5.32 Å². The van der Waals surface area contributed by atoms with E-state index in [9.17, 15) is 9.90 Å². The summed E-state index contributed by atoms with van der Waals surface area (Å²) in [6.07, 6.45) is 2.81. The maximum Gasteiger partial charge on any atom is 0.243 e. The fourth-order valence-electron chi connectivity index (χ4n) is 2.16. The van der Waals surface area contributed by atoms with E-state index in [0.29, 0.717) is 12.2 Å². The van der Waals surface area contributed by atoms with Crippen molar-refractivity contribution in [2.24, 2.45) is 10.2 Å². The number of hydrogen-bond acceptors (Lipinski definition) is 4. The van der Waals surface area contributed by atoms with Crippen molar-refractivity contribution in [2.45, 2.75) is 19.8 Å². The zero-order chi connectivity index (χ0) is 17.4. The van der Waals surface area contributed by atoms with Crippen LogP contribution in [0.4, 0.5) is 11.4 Å². The maximum absolute atomic E-state index is 11.1. The first-order valence-corrected chi connectivity index (χ1v) is 7.79. The molecule has 0 aliphatic carbocycles. The van der Waals surface area contributed by atoms with Crippen LogP contribution in [0.3, 0.4) is 0 Å². The van der Waals surface area contributed by atoms with Crippen LogP contribution in [0.1, 0.15) is 17.5 Å². The smallest absolute Gasteiger partial charge is 0.243 e. The third-order valence-corrected chi connectivity index (χ3v) is 3.55. The summed E-state index contributed by atoms with van der Waals surface area (Å²) in [5, 5.41) is 21.0. The van der Waals surface area contributed by atoms with E-state index in [1.165, 1.54) is 6.08 Å². The Labute approximate surface area is 141 Å². The number of carbonyl (C=O) groups excluding carboxylic acids is 1. The van der Waals surface area contributed by atoms with Crippen molar-refractivity contribution in [3.63, 3.8) is 0 Å². The average molecular weight is 323 g/mol. The minimum atomic E-state index is -0.173. The molecule has 0 aromatic heterocycles. The van der Waals surface area contributed by atoms with Gasteiger partial charge in [0.2, 0.25) is 5.91 Å². The minimum absolute atomic E-state index is 0.0936. The van der Waals surface area contributed by atoms with Crippen LogP contribution in [0.5, 0.6) is 5.75 Å². The van der Waals surface area contributed by atoms with Gasteiger partial charge in [-0.25, -0.2) is 0 Å². The molecular formula is C19H21N3O2. The highest BCUT2D eigenvalue weighted by Gasteiger charge is 2.03. The number of azo groups is 1. The Morgan fingerprint density at radius 2 is 1.96 bits per heavy atom. The van der Waals surface area contributed by atoms with Crippen LogP contribution in [0, 0.1) is 6.92 Å². The Hall–Kier alpha value is -2.95. The van der Waals surface area contributed by atoms with Crippen molar-refractivity contribution < 1.29 is 9.90 Å². The van der Waals surface area contributed by atoms with Gasteiger partial charge in [-0.2, -0.15) is 5.11 Å². The number of nitrogens with zero attached hydrogens (tertiary/aromatic N) is 2. The van der Waals surface area contributed by atoms with Crippen molar-refractivity contribution in [1.82, 2.24) is 5.32 Å². The lowest BCUT2D eigenvalue weighted by Gasteiger charge is -2.05. The van der Waals surface area contributed by atoms with Crippen molar-refractivity contribution in [3.8, 4) is 5.75 Å². The van der Waals surface area contributed by atoms with Gasteiger partial charge in [0.25, 0.3) is 0 Å². The molecule has 1 amide bonds. The Kier molecular flexibility index (Phi) is 6.25. The van der Waals surface area contributed by atoms with Gasteiger partial charge in [0, 0.05) is 6.54 Å². The Morgan fingerprint density at radius 3 is 2.71 bits per heavy atom. The van der Waals surface area contributed by atoms with Gasteiger partial charge in [0.1, 0.15) is 11.4 Å². The van der Waals surface area contributed by atoms with Crippen LogP contribution in [0.2, 0.25) is 0 Å². The first-order chi connectivity index (χ1) is 11.6. The number of nitrogens with one attached hydrogen (secondary N) is 1. The van der Waals surface area contributed by atoms with Gasteiger partial charge in [0.05, 0.1) is 5.69 Å². The monoisotopic (exact) mass is 323 g/mol. The highest BCUT2D eigenvalue weighted by molar-refractivity contribution is 5.86. The summed E-state index contributed by atoms with van der Waals surface area (Å²) < 4.78 is 0. The molecule has 2 aromatic carbocycles. The lowest BCUT2D eigenvalue weighted by Crippen LogP contribution is -2.22. The van der Waals surface area contributed by atoms with Crippen molar-refractivity contribution in [2.75, 3.05) is 6.54 Å². The number of phenolic OH excluding ortho intramolecular Hbond substituents is 1. The molecule has 0 bridgehead atoms. The fourth-order valence-corrected chi connectivity index (χ4v) is 2.16.